The summed E-state index contributed by atoms with van der Waals surface area (Å²) in [5.41, 5.74) is 2.56. The molecule has 0 aliphatic heterocycles. The number of ether oxygens (including phenoxy) is 1. The van der Waals surface area contributed by atoms with E-state index in [-0.39, 0.29) is 0 Å². The van der Waals surface area contributed by atoms with Gasteiger partial charge in [-0.1, -0.05) is 0 Å². The highest BCUT2D eigenvalue weighted by atomic mass is 16.5. The molecule has 2 rings (SSSR count). The van der Waals surface area contributed by atoms with Crippen molar-refractivity contribution in [3.8, 4) is 0 Å². The van der Waals surface area contributed by atoms with Gasteiger partial charge >= 0.3 is 0 Å². The van der Waals surface area contributed by atoms with Crippen LogP contribution in [0.3, 0.4) is 0 Å². The standard InChI is InChI=1S/C13H21N3O/c1-14-9-11-10-15-6-5-13(11)16(7-8-17-2)12-3-4-12/h5-6,10,12,14H,3-4,7-9H2,1-2H3. The zero-order valence-electron chi connectivity index (χ0n) is 10.6. The molecular weight excluding hydrogens is 214 g/mol. The molecule has 1 aliphatic carbocycles. The molecule has 94 valence electrons. The van der Waals surface area contributed by atoms with Crippen LogP contribution in [0, 0.1) is 0 Å². The lowest BCUT2D eigenvalue weighted by Gasteiger charge is -2.26. The first-order valence-corrected chi connectivity index (χ1v) is 6.20. The minimum Gasteiger partial charge on any atom is -0.383 e. The van der Waals surface area contributed by atoms with Crippen molar-refractivity contribution in [3.63, 3.8) is 0 Å². The van der Waals surface area contributed by atoms with E-state index in [1.165, 1.54) is 24.1 Å². The van der Waals surface area contributed by atoms with E-state index < -0.39 is 0 Å². The Morgan fingerprint density at radius 2 is 2.35 bits per heavy atom. The van der Waals surface area contributed by atoms with E-state index in [0.717, 1.165) is 19.7 Å². The van der Waals surface area contributed by atoms with Crippen LogP contribution in [-0.4, -0.2) is 38.3 Å². The van der Waals surface area contributed by atoms with Crippen LogP contribution >= 0.6 is 0 Å². The zero-order chi connectivity index (χ0) is 12.1. The molecule has 0 spiro atoms. The molecular formula is C13H21N3O. The molecule has 4 nitrogen and oxygen atoms in total. The molecule has 0 bridgehead atoms. The molecule has 0 atom stereocenters. The summed E-state index contributed by atoms with van der Waals surface area (Å²) in [6.45, 7) is 2.60. The average Bonchev–Trinajstić information content (AvgIpc) is 3.16. The summed E-state index contributed by atoms with van der Waals surface area (Å²) in [4.78, 5) is 6.66. The number of anilines is 1. The zero-order valence-corrected chi connectivity index (χ0v) is 10.6. The van der Waals surface area contributed by atoms with Crippen molar-refractivity contribution >= 4 is 5.69 Å². The maximum atomic E-state index is 5.20. The van der Waals surface area contributed by atoms with Crippen LogP contribution in [-0.2, 0) is 11.3 Å². The summed E-state index contributed by atoms with van der Waals surface area (Å²) in [6, 6.07) is 2.81. The molecule has 1 fully saturated rings. The second-order valence-electron chi connectivity index (χ2n) is 4.45. The molecule has 0 saturated heterocycles. The van der Waals surface area contributed by atoms with Crippen molar-refractivity contribution < 1.29 is 4.74 Å². The van der Waals surface area contributed by atoms with E-state index in [0.29, 0.717) is 6.04 Å². The smallest absolute Gasteiger partial charge is 0.0637 e. The van der Waals surface area contributed by atoms with Gasteiger partial charge in [0.2, 0.25) is 0 Å². The van der Waals surface area contributed by atoms with Crippen molar-refractivity contribution in [2.45, 2.75) is 25.4 Å². The van der Waals surface area contributed by atoms with Crippen molar-refractivity contribution in [3.05, 3.63) is 24.0 Å². The number of hydrogen-bond donors (Lipinski definition) is 1. The van der Waals surface area contributed by atoms with Crippen LogP contribution in [0.5, 0.6) is 0 Å². The molecule has 0 aromatic carbocycles. The van der Waals surface area contributed by atoms with E-state index in [9.17, 15) is 0 Å². The molecule has 1 aromatic rings. The molecule has 0 unspecified atom stereocenters. The molecule has 0 amide bonds. The predicted octanol–water partition coefficient (Wildman–Crippen LogP) is 1.42. The van der Waals surface area contributed by atoms with Gasteiger partial charge in [-0.15, -0.1) is 0 Å². The van der Waals surface area contributed by atoms with E-state index in [4.69, 9.17) is 4.74 Å². The van der Waals surface area contributed by atoms with Gasteiger partial charge in [-0.2, -0.15) is 0 Å². The summed E-state index contributed by atoms with van der Waals surface area (Å²) in [6.07, 6.45) is 6.42. The van der Waals surface area contributed by atoms with Crippen molar-refractivity contribution in [1.29, 1.82) is 0 Å². The van der Waals surface area contributed by atoms with Crippen molar-refractivity contribution in [1.82, 2.24) is 10.3 Å². The fourth-order valence-electron chi connectivity index (χ4n) is 2.10. The lowest BCUT2D eigenvalue weighted by Crippen LogP contribution is -2.30. The second-order valence-corrected chi connectivity index (χ2v) is 4.45. The normalized spacial score (nSPS) is 14.9. The lowest BCUT2D eigenvalue weighted by atomic mass is 10.2. The quantitative estimate of drug-likeness (QED) is 0.775. The third-order valence-electron chi connectivity index (χ3n) is 3.08. The van der Waals surface area contributed by atoms with E-state index in [1.807, 2.05) is 19.4 Å². The molecule has 1 aromatic heterocycles. The first kappa shape index (κ1) is 12.3. The number of nitrogens with one attached hydrogen (secondary N) is 1. The van der Waals surface area contributed by atoms with Crippen LogP contribution in [0.4, 0.5) is 5.69 Å². The molecule has 1 aliphatic rings. The van der Waals surface area contributed by atoms with Crippen LogP contribution in [0.15, 0.2) is 18.5 Å². The fourth-order valence-corrected chi connectivity index (χ4v) is 2.10. The summed E-state index contributed by atoms with van der Waals surface area (Å²) in [5.74, 6) is 0. The minimum atomic E-state index is 0.697. The maximum absolute atomic E-state index is 5.20. The van der Waals surface area contributed by atoms with Gasteiger partial charge in [-0.3, -0.25) is 4.98 Å². The highest BCUT2D eigenvalue weighted by molar-refractivity contribution is 5.54. The Morgan fingerprint density at radius 1 is 1.53 bits per heavy atom. The Balaban J connectivity index is 2.15. The molecule has 4 heteroatoms. The first-order chi connectivity index (χ1) is 8.36. The van der Waals surface area contributed by atoms with Crippen LogP contribution in [0.1, 0.15) is 18.4 Å². The number of rotatable bonds is 7. The van der Waals surface area contributed by atoms with Gasteiger partial charge in [0.25, 0.3) is 0 Å². The van der Waals surface area contributed by atoms with Crippen LogP contribution in [0.25, 0.3) is 0 Å². The highest BCUT2D eigenvalue weighted by Gasteiger charge is 2.29. The second kappa shape index (κ2) is 5.98. The molecule has 0 radical (unpaired) electrons. The third kappa shape index (κ3) is 3.17. The summed E-state index contributed by atoms with van der Waals surface area (Å²) in [7, 11) is 3.72. The third-order valence-corrected chi connectivity index (χ3v) is 3.08. The maximum Gasteiger partial charge on any atom is 0.0637 e. The molecule has 1 saturated carbocycles. The number of pyridine rings is 1. The van der Waals surface area contributed by atoms with Gasteiger partial charge in [0.05, 0.1) is 6.61 Å². The van der Waals surface area contributed by atoms with Gasteiger partial charge in [-0.25, -0.2) is 0 Å². The van der Waals surface area contributed by atoms with Gasteiger partial charge in [0, 0.05) is 49.9 Å². The largest absolute Gasteiger partial charge is 0.383 e. The van der Waals surface area contributed by atoms with Gasteiger partial charge in [0.1, 0.15) is 0 Å². The van der Waals surface area contributed by atoms with Gasteiger partial charge < -0.3 is 15.0 Å². The summed E-state index contributed by atoms with van der Waals surface area (Å²) >= 11 is 0. The SMILES string of the molecule is CNCc1cnccc1N(CCOC)C1CC1. The number of nitrogens with zero attached hydrogens (tertiary/aromatic N) is 2. The Hall–Kier alpha value is -1.13. The van der Waals surface area contributed by atoms with E-state index in [2.05, 4.69) is 21.3 Å². The average molecular weight is 235 g/mol. The lowest BCUT2D eigenvalue weighted by molar-refractivity contribution is 0.205. The Morgan fingerprint density at radius 3 is 3.00 bits per heavy atom. The van der Waals surface area contributed by atoms with Gasteiger partial charge in [0.15, 0.2) is 0 Å². The molecule has 1 heterocycles. The summed E-state index contributed by atoms with van der Waals surface area (Å²) < 4.78 is 5.20. The first-order valence-electron chi connectivity index (χ1n) is 6.20. The number of aromatic nitrogens is 1. The van der Waals surface area contributed by atoms with Crippen molar-refractivity contribution in [2.24, 2.45) is 0 Å². The van der Waals surface area contributed by atoms with Gasteiger partial charge in [-0.05, 0) is 26.0 Å². The highest BCUT2D eigenvalue weighted by Crippen LogP contribution is 2.32. The molecule has 17 heavy (non-hydrogen) atoms. The monoisotopic (exact) mass is 235 g/mol. The number of methoxy groups -OCH3 is 1. The Labute approximate surface area is 103 Å². The van der Waals surface area contributed by atoms with E-state index in [1.54, 1.807) is 7.11 Å². The van der Waals surface area contributed by atoms with Crippen molar-refractivity contribution in [2.75, 3.05) is 32.2 Å². The number of hydrogen-bond acceptors (Lipinski definition) is 4. The minimum absolute atomic E-state index is 0.697. The van der Waals surface area contributed by atoms with Crippen LogP contribution in [0.2, 0.25) is 0 Å². The molecule has 1 N–H and O–H groups in total. The Bertz CT molecular complexity index is 352. The van der Waals surface area contributed by atoms with Crippen LogP contribution < -0.4 is 10.2 Å². The topological polar surface area (TPSA) is 37.4 Å². The predicted molar refractivity (Wildman–Crippen MR) is 69.2 cm³/mol. The fraction of sp³-hybridized carbons (Fsp3) is 0.615. The summed E-state index contributed by atoms with van der Waals surface area (Å²) in [5, 5.41) is 3.20. The Kier molecular flexibility index (Phi) is 4.34. The van der Waals surface area contributed by atoms with E-state index >= 15 is 0 Å².